The van der Waals surface area contributed by atoms with Crippen LogP contribution in [-0.2, 0) is 20.1 Å². The van der Waals surface area contributed by atoms with Crippen molar-refractivity contribution in [2.45, 2.75) is 20.0 Å². The quantitative estimate of drug-likeness (QED) is 0.876. The summed E-state index contributed by atoms with van der Waals surface area (Å²) >= 11 is 0. The highest BCUT2D eigenvalue weighted by Crippen LogP contribution is 2.09. The predicted molar refractivity (Wildman–Crippen MR) is 75.9 cm³/mol. The van der Waals surface area contributed by atoms with Gasteiger partial charge in [-0.1, -0.05) is 12.1 Å². The van der Waals surface area contributed by atoms with E-state index in [0.29, 0.717) is 5.56 Å². The van der Waals surface area contributed by atoms with Gasteiger partial charge in [0.15, 0.2) is 0 Å². The predicted octanol–water partition coefficient (Wildman–Crippen LogP) is 0.854. The van der Waals surface area contributed by atoms with Crippen molar-refractivity contribution in [1.29, 1.82) is 0 Å². The van der Waals surface area contributed by atoms with Crippen molar-refractivity contribution in [2.75, 3.05) is 7.05 Å². The van der Waals surface area contributed by atoms with Crippen molar-refractivity contribution >= 4 is 5.91 Å². The van der Waals surface area contributed by atoms with E-state index >= 15 is 0 Å². The van der Waals surface area contributed by atoms with Crippen LogP contribution in [-0.4, -0.2) is 32.6 Å². The molecular weight excluding hydrogens is 254 g/mol. The maximum absolute atomic E-state index is 11.0. The summed E-state index contributed by atoms with van der Waals surface area (Å²) < 4.78 is 1.98. The van der Waals surface area contributed by atoms with E-state index in [-0.39, 0.29) is 0 Å². The number of carbonyl (C=O) groups is 1. The van der Waals surface area contributed by atoms with E-state index in [1.165, 1.54) is 0 Å². The van der Waals surface area contributed by atoms with E-state index < -0.39 is 5.91 Å². The minimum absolute atomic E-state index is 0.403. The van der Waals surface area contributed by atoms with Gasteiger partial charge < -0.3 is 10.3 Å². The molecule has 0 saturated carbocycles. The van der Waals surface area contributed by atoms with Gasteiger partial charge in [0, 0.05) is 19.2 Å². The van der Waals surface area contributed by atoms with Crippen molar-refractivity contribution in [3.8, 4) is 0 Å². The van der Waals surface area contributed by atoms with Crippen LogP contribution in [0.15, 0.2) is 24.3 Å². The van der Waals surface area contributed by atoms with Gasteiger partial charge in [-0.2, -0.15) is 0 Å². The molecule has 1 amide bonds. The van der Waals surface area contributed by atoms with Crippen LogP contribution in [0.5, 0.6) is 0 Å². The topological polar surface area (TPSA) is 77.0 Å². The average Bonchev–Trinajstić information content (AvgIpc) is 2.71. The van der Waals surface area contributed by atoms with Gasteiger partial charge in [-0.25, -0.2) is 0 Å². The molecule has 0 aliphatic heterocycles. The van der Waals surface area contributed by atoms with Gasteiger partial charge in [0.2, 0.25) is 5.91 Å². The molecule has 6 nitrogen and oxygen atoms in total. The molecule has 2 N–H and O–H groups in total. The van der Waals surface area contributed by atoms with E-state index in [1.807, 2.05) is 37.7 Å². The summed E-state index contributed by atoms with van der Waals surface area (Å²) in [6.07, 6.45) is 0. The molecule has 0 aliphatic carbocycles. The highest BCUT2D eigenvalue weighted by atomic mass is 16.1. The standard InChI is InChI=1S/C14H19N5O/c1-10-16-17-13(19(10)3)9-18(2)8-11-4-6-12(7-5-11)14(15)20/h4-7H,8-9H2,1-3H3,(H2,15,20). The molecular formula is C14H19N5O. The second kappa shape index (κ2) is 5.83. The molecule has 2 aromatic rings. The van der Waals surface area contributed by atoms with E-state index in [2.05, 4.69) is 15.1 Å². The average molecular weight is 273 g/mol. The van der Waals surface area contributed by atoms with E-state index in [1.54, 1.807) is 12.1 Å². The number of aromatic nitrogens is 3. The van der Waals surface area contributed by atoms with Crippen LogP contribution >= 0.6 is 0 Å². The van der Waals surface area contributed by atoms with Crippen LogP contribution in [0.25, 0.3) is 0 Å². The molecule has 2 rings (SSSR count). The number of hydrogen-bond acceptors (Lipinski definition) is 4. The highest BCUT2D eigenvalue weighted by molar-refractivity contribution is 5.92. The molecule has 0 spiro atoms. The number of nitrogens with two attached hydrogens (primary N) is 1. The monoisotopic (exact) mass is 273 g/mol. The number of primary amides is 1. The van der Waals surface area contributed by atoms with Crippen LogP contribution < -0.4 is 5.73 Å². The summed E-state index contributed by atoms with van der Waals surface area (Å²) in [5.41, 5.74) is 6.87. The molecule has 0 bridgehead atoms. The maximum atomic E-state index is 11.0. The lowest BCUT2D eigenvalue weighted by Gasteiger charge is -2.16. The molecule has 0 radical (unpaired) electrons. The van der Waals surface area contributed by atoms with Crippen LogP contribution in [0, 0.1) is 6.92 Å². The zero-order chi connectivity index (χ0) is 14.7. The van der Waals surface area contributed by atoms with Gasteiger partial charge >= 0.3 is 0 Å². The Morgan fingerprint density at radius 1 is 1.25 bits per heavy atom. The summed E-state index contributed by atoms with van der Waals surface area (Å²) in [5, 5.41) is 8.19. The molecule has 0 saturated heterocycles. The third-order valence-electron chi connectivity index (χ3n) is 3.29. The number of hydrogen-bond donors (Lipinski definition) is 1. The van der Waals surface area contributed by atoms with Gasteiger partial charge in [-0.05, 0) is 31.7 Å². The number of aryl methyl sites for hydroxylation is 1. The Morgan fingerprint density at radius 3 is 2.40 bits per heavy atom. The van der Waals surface area contributed by atoms with Crippen molar-refractivity contribution in [2.24, 2.45) is 12.8 Å². The maximum Gasteiger partial charge on any atom is 0.248 e. The lowest BCUT2D eigenvalue weighted by atomic mass is 10.1. The Kier molecular flexibility index (Phi) is 4.14. The summed E-state index contributed by atoms with van der Waals surface area (Å²) in [6, 6.07) is 7.33. The largest absolute Gasteiger partial charge is 0.366 e. The Hall–Kier alpha value is -2.21. The number of nitrogens with zero attached hydrogens (tertiary/aromatic N) is 4. The number of amides is 1. The molecule has 0 fully saturated rings. The van der Waals surface area contributed by atoms with Gasteiger partial charge in [0.25, 0.3) is 0 Å². The molecule has 1 heterocycles. The Balaban J connectivity index is 1.99. The van der Waals surface area contributed by atoms with Crippen molar-refractivity contribution < 1.29 is 4.79 Å². The van der Waals surface area contributed by atoms with E-state index in [0.717, 1.165) is 30.3 Å². The molecule has 6 heteroatoms. The number of rotatable bonds is 5. The van der Waals surface area contributed by atoms with Gasteiger partial charge in [-0.15, -0.1) is 10.2 Å². The molecule has 20 heavy (non-hydrogen) atoms. The zero-order valence-corrected chi connectivity index (χ0v) is 12.0. The first-order valence-corrected chi connectivity index (χ1v) is 6.39. The number of benzene rings is 1. The smallest absolute Gasteiger partial charge is 0.248 e. The van der Waals surface area contributed by atoms with E-state index in [9.17, 15) is 4.79 Å². The molecule has 1 aromatic carbocycles. The second-order valence-electron chi connectivity index (χ2n) is 4.96. The lowest BCUT2D eigenvalue weighted by Crippen LogP contribution is -2.20. The third kappa shape index (κ3) is 3.21. The molecule has 0 atom stereocenters. The summed E-state index contributed by atoms with van der Waals surface area (Å²) in [6.45, 7) is 3.42. The van der Waals surface area contributed by atoms with Crippen molar-refractivity contribution in [1.82, 2.24) is 19.7 Å². The first-order valence-electron chi connectivity index (χ1n) is 6.39. The second-order valence-corrected chi connectivity index (χ2v) is 4.96. The third-order valence-corrected chi connectivity index (χ3v) is 3.29. The first-order chi connectivity index (χ1) is 9.47. The fourth-order valence-corrected chi connectivity index (χ4v) is 1.97. The van der Waals surface area contributed by atoms with E-state index in [4.69, 9.17) is 5.73 Å². The van der Waals surface area contributed by atoms with Crippen LogP contribution in [0.2, 0.25) is 0 Å². The minimum Gasteiger partial charge on any atom is -0.366 e. The Labute approximate surface area is 118 Å². The van der Waals surface area contributed by atoms with Gasteiger partial charge in [-0.3, -0.25) is 9.69 Å². The van der Waals surface area contributed by atoms with Gasteiger partial charge in [0.05, 0.1) is 6.54 Å². The Bertz CT molecular complexity index is 603. The molecule has 1 aromatic heterocycles. The zero-order valence-electron chi connectivity index (χ0n) is 12.0. The highest BCUT2D eigenvalue weighted by Gasteiger charge is 2.09. The number of carbonyl (C=O) groups excluding carboxylic acids is 1. The summed E-state index contributed by atoms with van der Waals surface area (Å²) in [5.74, 6) is 1.43. The lowest BCUT2D eigenvalue weighted by molar-refractivity contribution is 0.100. The fraction of sp³-hybridized carbons (Fsp3) is 0.357. The van der Waals surface area contributed by atoms with Crippen molar-refractivity contribution in [3.63, 3.8) is 0 Å². The normalized spacial score (nSPS) is 11.0. The summed E-state index contributed by atoms with van der Waals surface area (Å²) in [7, 11) is 3.98. The first kappa shape index (κ1) is 14.2. The molecule has 0 aliphatic rings. The van der Waals surface area contributed by atoms with Crippen LogP contribution in [0.3, 0.4) is 0 Å². The SMILES string of the molecule is Cc1nnc(CN(C)Cc2ccc(C(N)=O)cc2)n1C. The van der Waals surface area contributed by atoms with Gasteiger partial charge in [0.1, 0.15) is 11.6 Å². The fourth-order valence-electron chi connectivity index (χ4n) is 1.97. The minimum atomic E-state index is -0.403. The molecule has 0 unspecified atom stereocenters. The van der Waals surface area contributed by atoms with Crippen LogP contribution in [0.4, 0.5) is 0 Å². The Morgan fingerprint density at radius 2 is 1.90 bits per heavy atom. The van der Waals surface area contributed by atoms with Crippen molar-refractivity contribution in [3.05, 3.63) is 47.0 Å². The van der Waals surface area contributed by atoms with Crippen LogP contribution in [0.1, 0.15) is 27.6 Å². The molecule has 106 valence electrons. The summed E-state index contributed by atoms with van der Waals surface area (Å²) in [4.78, 5) is 13.2.